The Morgan fingerprint density at radius 2 is 0.957 bits per heavy atom. The first-order valence-corrected chi connectivity index (χ1v) is 6.72. The van der Waals surface area contributed by atoms with Crippen molar-refractivity contribution in [3.8, 4) is 0 Å². The van der Waals surface area contributed by atoms with E-state index in [1.807, 2.05) is 12.1 Å². The molecule has 0 spiro atoms. The van der Waals surface area contributed by atoms with Crippen LogP contribution in [-0.4, -0.2) is 24.1 Å². The SMILES string of the molecule is O=CCC(=O)c1ccccc1.O=CCC(=O)c1ccccc1.[Pt]. The first-order chi connectivity index (χ1) is 10.7. The molecule has 0 bridgehead atoms. The van der Waals surface area contributed by atoms with Crippen LogP contribution in [0.2, 0.25) is 0 Å². The maximum absolute atomic E-state index is 11.0. The molecule has 0 aliphatic heterocycles. The van der Waals surface area contributed by atoms with Gasteiger partial charge >= 0.3 is 0 Å². The standard InChI is InChI=1S/2C9H8O2.Pt/c2*10-7-6-9(11)8-4-2-1-3-5-8;/h2*1-5,7H,6H2;. The Labute approximate surface area is 149 Å². The minimum absolute atomic E-state index is 0. The van der Waals surface area contributed by atoms with Gasteiger partial charge in [-0.3, -0.25) is 9.59 Å². The van der Waals surface area contributed by atoms with Gasteiger partial charge in [0.2, 0.25) is 0 Å². The van der Waals surface area contributed by atoms with Crippen LogP contribution in [0.25, 0.3) is 0 Å². The third-order valence-electron chi connectivity index (χ3n) is 2.73. The Morgan fingerprint density at radius 1 is 0.652 bits per heavy atom. The second-order valence-electron chi connectivity index (χ2n) is 4.32. The normalized spacial score (nSPS) is 8.70. The van der Waals surface area contributed by atoms with Crippen LogP contribution in [0.4, 0.5) is 0 Å². The van der Waals surface area contributed by atoms with Gasteiger partial charge in [0.15, 0.2) is 11.6 Å². The van der Waals surface area contributed by atoms with Gasteiger partial charge in [0.05, 0.1) is 12.8 Å². The van der Waals surface area contributed by atoms with Crippen LogP contribution in [0.1, 0.15) is 33.6 Å². The summed E-state index contributed by atoms with van der Waals surface area (Å²) >= 11 is 0. The predicted octanol–water partition coefficient (Wildman–Crippen LogP) is 2.91. The van der Waals surface area contributed by atoms with E-state index in [1.165, 1.54) is 0 Å². The molecule has 0 radical (unpaired) electrons. The number of carbonyl (C=O) groups excluding carboxylic acids is 4. The van der Waals surface area contributed by atoms with Crippen LogP contribution >= 0.6 is 0 Å². The summed E-state index contributed by atoms with van der Waals surface area (Å²) in [5.41, 5.74) is 1.19. The van der Waals surface area contributed by atoms with Gasteiger partial charge in [-0.1, -0.05) is 60.7 Å². The van der Waals surface area contributed by atoms with E-state index < -0.39 is 0 Å². The maximum atomic E-state index is 11.0. The molecule has 23 heavy (non-hydrogen) atoms. The number of ketones is 2. The summed E-state index contributed by atoms with van der Waals surface area (Å²) in [7, 11) is 0. The molecule has 0 fully saturated rings. The van der Waals surface area contributed by atoms with Crippen molar-refractivity contribution in [3.05, 3.63) is 71.8 Å². The molecule has 0 saturated heterocycles. The van der Waals surface area contributed by atoms with Gasteiger partial charge in [-0.15, -0.1) is 0 Å². The molecule has 122 valence electrons. The molecule has 0 N–H and O–H groups in total. The maximum Gasteiger partial charge on any atom is 0.169 e. The van der Waals surface area contributed by atoms with Gasteiger partial charge in [0, 0.05) is 32.2 Å². The summed E-state index contributed by atoms with van der Waals surface area (Å²) in [5, 5.41) is 0. The van der Waals surface area contributed by atoms with E-state index in [1.54, 1.807) is 48.5 Å². The van der Waals surface area contributed by atoms with E-state index >= 15 is 0 Å². The number of aldehydes is 2. The summed E-state index contributed by atoms with van der Waals surface area (Å²) < 4.78 is 0. The monoisotopic (exact) mass is 491 g/mol. The Bertz CT molecular complexity index is 566. The number of benzene rings is 2. The number of hydrogen-bond acceptors (Lipinski definition) is 4. The molecule has 0 heterocycles. The minimum atomic E-state index is -0.124. The molecule has 0 atom stereocenters. The third-order valence-corrected chi connectivity index (χ3v) is 2.73. The molecule has 0 aliphatic carbocycles. The summed E-state index contributed by atoms with van der Waals surface area (Å²) in [5.74, 6) is -0.249. The van der Waals surface area contributed by atoms with Crippen LogP contribution < -0.4 is 0 Å². The van der Waals surface area contributed by atoms with Crippen molar-refractivity contribution in [1.82, 2.24) is 0 Å². The Balaban J connectivity index is 0.000000403. The second kappa shape index (κ2) is 12.4. The number of rotatable bonds is 6. The smallest absolute Gasteiger partial charge is 0.169 e. The van der Waals surface area contributed by atoms with E-state index in [9.17, 15) is 19.2 Å². The molecule has 0 aliphatic rings. The van der Waals surface area contributed by atoms with Crippen LogP contribution in [0.3, 0.4) is 0 Å². The van der Waals surface area contributed by atoms with Crippen molar-refractivity contribution in [3.63, 3.8) is 0 Å². The molecule has 2 rings (SSSR count). The van der Waals surface area contributed by atoms with Crippen molar-refractivity contribution in [2.24, 2.45) is 0 Å². The molecule has 4 nitrogen and oxygen atoms in total. The Kier molecular flexibility index (Phi) is 11.2. The molecular weight excluding hydrogens is 475 g/mol. The van der Waals surface area contributed by atoms with E-state index in [2.05, 4.69) is 0 Å². The molecule has 2 aromatic rings. The van der Waals surface area contributed by atoms with E-state index in [0.717, 1.165) is 0 Å². The van der Waals surface area contributed by atoms with Gasteiger partial charge in [-0.2, -0.15) is 0 Å². The topological polar surface area (TPSA) is 68.3 Å². The predicted molar refractivity (Wildman–Crippen MR) is 82.9 cm³/mol. The van der Waals surface area contributed by atoms with Gasteiger partial charge < -0.3 is 9.59 Å². The van der Waals surface area contributed by atoms with E-state index in [4.69, 9.17) is 0 Å². The fourth-order valence-corrected chi connectivity index (χ4v) is 1.64. The van der Waals surface area contributed by atoms with Crippen LogP contribution in [0, 0.1) is 0 Å². The number of Topliss-reactive ketones (excluding diaryl/α,β-unsaturated/α-hetero) is 2. The minimum Gasteiger partial charge on any atom is -0.303 e. The largest absolute Gasteiger partial charge is 0.303 e. The second-order valence-corrected chi connectivity index (χ2v) is 4.32. The Morgan fingerprint density at radius 3 is 1.22 bits per heavy atom. The average Bonchev–Trinajstić information content (AvgIpc) is 2.57. The van der Waals surface area contributed by atoms with E-state index in [0.29, 0.717) is 23.7 Å². The quantitative estimate of drug-likeness (QED) is 0.354. The fraction of sp³-hybridized carbons (Fsp3) is 0.111. The van der Waals surface area contributed by atoms with Gasteiger partial charge in [-0.25, -0.2) is 0 Å². The molecule has 0 amide bonds. The Hall–Kier alpha value is -2.19. The summed E-state index contributed by atoms with van der Waals surface area (Å²) in [6.45, 7) is 0. The summed E-state index contributed by atoms with van der Waals surface area (Å²) in [4.78, 5) is 42.0. The van der Waals surface area contributed by atoms with Crippen molar-refractivity contribution < 1.29 is 40.2 Å². The van der Waals surface area contributed by atoms with Crippen molar-refractivity contribution >= 4 is 24.1 Å². The first kappa shape index (κ1) is 20.8. The van der Waals surface area contributed by atoms with Crippen molar-refractivity contribution in [1.29, 1.82) is 0 Å². The fourth-order valence-electron chi connectivity index (χ4n) is 1.64. The summed E-state index contributed by atoms with van der Waals surface area (Å²) in [6.07, 6.45) is 1.19. The number of carbonyl (C=O) groups is 4. The van der Waals surface area contributed by atoms with Gasteiger partial charge in [-0.05, 0) is 0 Å². The third kappa shape index (κ3) is 8.12. The van der Waals surface area contributed by atoms with Crippen LogP contribution in [0.5, 0.6) is 0 Å². The van der Waals surface area contributed by atoms with Crippen molar-refractivity contribution in [2.75, 3.05) is 0 Å². The van der Waals surface area contributed by atoms with Crippen LogP contribution in [-0.2, 0) is 30.7 Å². The average molecular weight is 491 g/mol. The molecular formula is C18H16O4Pt. The van der Waals surface area contributed by atoms with Crippen LogP contribution in [0.15, 0.2) is 60.7 Å². The molecule has 0 aromatic heterocycles. The van der Waals surface area contributed by atoms with Gasteiger partial charge in [0.1, 0.15) is 12.6 Å². The molecule has 0 unspecified atom stereocenters. The molecule has 0 saturated carbocycles. The van der Waals surface area contributed by atoms with Crippen molar-refractivity contribution in [2.45, 2.75) is 12.8 Å². The number of hydrogen-bond donors (Lipinski definition) is 0. The zero-order valence-corrected chi connectivity index (χ0v) is 14.6. The van der Waals surface area contributed by atoms with E-state index in [-0.39, 0.29) is 45.5 Å². The molecule has 2 aromatic carbocycles. The first-order valence-electron chi connectivity index (χ1n) is 6.72. The molecule has 5 heteroatoms. The van der Waals surface area contributed by atoms with Gasteiger partial charge in [0.25, 0.3) is 0 Å². The zero-order valence-electron chi connectivity index (χ0n) is 12.3. The summed E-state index contributed by atoms with van der Waals surface area (Å²) in [6, 6.07) is 17.6. The zero-order chi connectivity index (χ0) is 16.2.